The number of H-pyrrole nitrogens is 1. The number of amides is 1. The summed E-state index contributed by atoms with van der Waals surface area (Å²) in [5.41, 5.74) is 0.827. The molecule has 1 atom stereocenters. The summed E-state index contributed by atoms with van der Waals surface area (Å²) in [6.45, 7) is 1.35. The summed E-state index contributed by atoms with van der Waals surface area (Å²) in [4.78, 5) is 17.5. The SMILES string of the molecule is CC(=O)N[C@H](CO)Cc1c[nH]cn1. The van der Waals surface area contributed by atoms with Gasteiger partial charge in [0.1, 0.15) is 0 Å². The Bertz CT molecular complexity index is 258. The number of aliphatic hydroxyl groups excluding tert-OH is 1. The normalized spacial score (nSPS) is 12.5. The van der Waals surface area contributed by atoms with Crippen LogP contribution in [0, 0.1) is 0 Å². The van der Waals surface area contributed by atoms with Crippen LogP contribution < -0.4 is 5.32 Å². The summed E-state index contributed by atoms with van der Waals surface area (Å²) in [6, 6.07) is -0.249. The molecule has 72 valence electrons. The molecule has 1 aromatic heterocycles. The van der Waals surface area contributed by atoms with Crippen molar-refractivity contribution in [3.8, 4) is 0 Å². The summed E-state index contributed by atoms with van der Waals surface area (Å²) in [5.74, 6) is -0.144. The molecule has 0 saturated carbocycles. The van der Waals surface area contributed by atoms with Crippen LogP contribution >= 0.6 is 0 Å². The minimum Gasteiger partial charge on any atom is -0.394 e. The number of hydrogen-bond acceptors (Lipinski definition) is 3. The Balaban J connectivity index is 2.45. The van der Waals surface area contributed by atoms with E-state index in [1.807, 2.05) is 0 Å². The van der Waals surface area contributed by atoms with Gasteiger partial charge >= 0.3 is 0 Å². The number of aromatic nitrogens is 2. The quantitative estimate of drug-likeness (QED) is 0.586. The molecule has 0 aliphatic rings. The number of carbonyl (C=O) groups excluding carboxylic acids is 1. The van der Waals surface area contributed by atoms with Crippen LogP contribution in [0.25, 0.3) is 0 Å². The highest BCUT2D eigenvalue weighted by Gasteiger charge is 2.09. The molecule has 0 spiro atoms. The van der Waals surface area contributed by atoms with Crippen LogP contribution in [0.15, 0.2) is 12.5 Å². The van der Waals surface area contributed by atoms with Gasteiger partial charge in [0.25, 0.3) is 0 Å². The van der Waals surface area contributed by atoms with Gasteiger partial charge in [-0.15, -0.1) is 0 Å². The molecule has 0 saturated heterocycles. The molecule has 1 rings (SSSR count). The minimum atomic E-state index is -0.249. The average molecular weight is 183 g/mol. The van der Waals surface area contributed by atoms with Crippen molar-refractivity contribution in [2.24, 2.45) is 0 Å². The van der Waals surface area contributed by atoms with E-state index >= 15 is 0 Å². The molecule has 5 nitrogen and oxygen atoms in total. The number of nitrogens with zero attached hydrogens (tertiary/aromatic N) is 1. The molecular formula is C8H13N3O2. The molecule has 0 aliphatic heterocycles. The van der Waals surface area contributed by atoms with Crippen molar-refractivity contribution in [2.45, 2.75) is 19.4 Å². The highest BCUT2D eigenvalue weighted by Crippen LogP contribution is 1.97. The number of hydrogen-bond donors (Lipinski definition) is 3. The third-order valence-electron chi connectivity index (χ3n) is 1.64. The fraction of sp³-hybridized carbons (Fsp3) is 0.500. The molecule has 0 aromatic carbocycles. The van der Waals surface area contributed by atoms with Crippen molar-refractivity contribution in [3.05, 3.63) is 18.2 Å². The molecule has 1 amide bonds. The zero-order valence-corrected chi connectivity index (χ0v) is 7.45. The number of aromatic amines is 1. The highest BCUT2D eigenvalue weighted by atomic mass is 16.3. The van der Waals surface area contributed by atoms with Crippen LogP contribution in [0.5, 0.6) is 0 Å². The van der Waals surface area contributed by atoms with Crippen molar-refractivity contribution in [3.63, 3.8) is 0 Å². The summed E-state index contributed by atoms with van der Waals surface area (Å²) in [6.07, 6.45) is 3.85. The van der Waals surface area contributed by atoms with Crippen LogP contribution in [0.4, 0.5) is 0 Å². The number of nitrogens with one attached hydrogen (secondary N) is 2. The summed E-state index contributed by atoms with van der Waals surface area (Å²) >= 11 is 0. The molecule has 3 N–H and O–H groups in total. The van der Waals surface area contributed by atoms with Gasteiger partial charge in [0.05, 0.1) is 24.7 Å². The average Bonchev–Trinajstić information content (AvgIpc) is 2.55. The Hall–Kier alpha value is -1.36. The first-order chi connectivity index (χ1) is 6.22. The minimum absolute atomic E-state index is 0.0769. The lowest BCUT2D eigenvalue weighted by Crippen LogP contribution is -2.37. The molecule has 0 fully saturated rings. The highest BCUT2D eigenvalue weighted by molar-refractivity contribution is 5.73. The van der Waals surface area contributed by atoms with Crippen molar-refractivity contribution in [2.75, 3.05) is 6.61 Å². The number of rotatable bonds is 4. The maximum absolute atomic E-state index is 10.7. The van der Waals surface area contributed by atoms with Crippen molar-refractivity contribution in [1.82, 2.24) is 15.3 Å². The fourth-order valence-corrected chi connectivity index (χ4v) is 1.10. The Labute approximate surface area is 76.2 Å². The zero-order chi connectivity index (χ0) is 9.68. The number of aliphatic hydroxyl groups is 1. The fourth-order valence-electron chi connectivity index (χ4n) is 1.10. The van der Waals surface area contributed by atoms with Gasteiger partial charge in [0, 0.05) is 19.5 Å². The van der Waals surface area contributed by atoms with Gasteiger partial charge in [-0.2, -0.15) is 0 Å². The zero-order valence-electron chi connectivity index (χ0n) is 7.45. The third-order valence-corrected chi connectivity index (χ3v) is 1.64. The summed E-state index contributed by atoms with van der Waals surface area (Å²) < 4.78 is 0. The maximum Gasteiger partial charge on any atom is 0.217 e. The predicted molar refractivity (Wildman–Crippen MR) is 47.0 cm³/mol. The second-order valence-corrected chi connectivity index (χ2v) is 2.84. The van der Waals surface area contributed by atoms with E-state index in [1.165, 1.54) is 6.92 Å². The predicted octanol–water partition coefficient (Wildman–Crippen LogP) is -0.551. The molecule has 0 radical (unpaired) electrons. The molecule has 1 aromatic rings. The van der Waals surface area contributed by atoms with Crippen molar-refractivity contribution in [1.29, 1.82) is 0 Å². The van der Waals surface area contributed by atoms with Crippen LogP contribution in [0.1, 0.15) is 12.6 Å². The van der Waals surface area contributed by atoms with Crippen molar-refractivity contribution < 1.29 is 9.90 Å². The smallest absolute Gasteiger partial charge is 0.217 e. The Morgan fingerprint density at radius 3 is 3.08 bits per heavy atom. The van der Waals surface area contributed by atoms with Crippen LogP contribution in [0.3, 0.4) is 0 Å². The largest absolute Gasteiger partial charge is 0.394 e. The number of imidazole rings is 1. The van der Waals surface area contributed by atoms with E-state index in [0.717, 1.165) is 5.69 Å². The summed E-state index contributed by atoms with van der Waals surface area (Å²) in [5, 5.41) is 11.5. The Morgan fingerprint density at radius 2 is 2.62 bits per heavy atom. The monoisotopic (exact) mass is 183 g/mol. The van der Waals surface area contributed by atoms with E-state index in [2.05, 4.69) is 15.3 Å². The summed E-state index contributed by atoms with van der Waals surface area (Å²) in [7, 11) is 0. The lowest BCUT2D eigenvalue weighted by atomic mass is 10.2. The molecular weight excluding hydrogens is 170 g/mol. The van der Waals surface area contributed by atoms with Crippen LogP contribution in [-0.2, 0) is 11.2 Å². The molecule has 5 heteroatoms. The molecule has 0 aliphatic carbocycles. The van der Waals surface area contributed by atoms with E-state index in [4.69, 9.17) is 5.11 Å². The van der Waals surface area contributed by atoms with Gasteiger partial charge in [0.2, 0.25) is 5.91 Å². The molecule has 0 bridgehead atoms. The lowest BCUT2D eigenvalue weighted by Gasteiger charge is -2.12. The molecule has 13 heavy (non-hydrogen) atoms. The van der Waals surface area contributed by atoms with Gasteiger partial charge in [-0.1, -0.05) is 0 Å². The Morgan fingerprint density at radius 1 is 1.85 bits per heavy atom. The number of carbonyl (C=O) groups is 1. The van der Waals surface area contributed by atoms with Crippen LogP contribution in [-0.4, -0.2) is 33.6 Å². The standard InChI is InChI=1S/C8H13N3O2/c1-6(13)11-8(4-12)2-7-3-9-5-10-7/h3,5,8,12H,2,4H2,1H3,(H,9,10)(H,11,13)/t8-/m0/s1. The van der Waals surface area contributed by atoms with E-state index in [9.17, 15) is 4.79 Å². The van der Waals surface area contributed by atoms with Gasteiger partial charge < -0.3 is 15.4 Å². The van der Waals surface area contributed by atoms with Crippen molar-refractivity contribution >= 4 is 5.91 Å². The first-order valence-electron chi connectivity index (χ1n) is 4.08. The molecule has 1 heterocycles. The van der Waals surface area contributed by atoms with E-state index in [-0.39, 0.29) is 18.6 Å². The molecule has 0 unspecified atom stereocenters. The Kier molecular flexibility index (Phi) is 3.45. The lowest BCUT2D eigenvalue weighted by molar-refractivity contribution is -0.119. The second kappa shape index (κ2) is 4.61. The topological polar surface area (TPSA) is 78.0 Å². The first kappa shape index (κ1) is 9.73. The van der Waals surface area contributed by atoms with Crippen LogP contribution in [0.2, 0.25) is 0 Å². The van der Waals surface area contributed by atoms with E-state index < -0.39 is 0 Å². The van der Waals surface area contributed by atoms with Gasteiger partial charge in [-0.05, 0) is 0 Å². The second-order valence-electron chi connectivity index (χ2n) is 2.84. The van der Waals surface area contributed by atoms with Gasteiger partial charge in [-0.25, -0.2) is 4.98 Å². The third kappa shape index (κ3) is 3.25. The maximum atomic E-state index is 10.7. The van der Waals surface area contributed by atoms with Gasteiger partial charge in [0.15, 0.2) is 0 Å². The van der Waals surface area contributed by atoms with E-state index in [0.29, 0.717) is 6.42 Å². The van der Waals surface area contributed by atoms with E-state index in [1.54, 1.807) is 12.5 Å². The first-order valence-corrected chi connectivity index (χ1v) is 4.08. The van der Waals surface area contributed by atoms with Gasteiger partial charge in [-0.3, -0.25) is 4.79 Å².